The first kappa shape index (κ1) is 19.8. The summed E-state index contributed by atoms with van der Waals surface area (Å²) in [4.78, 5) is 31.0. The van der Waals surface area contributed by atoms with E-state index < -0.39 is 17.4 Å². The Morgan fingerprint density at radius 1 is 1.18 bits per heavy atom. The maximum Gasteiger partial charge on any atom is 0.293 e. The summed E-state index contributed by atoms with van der Waals surface area (Å²) in [7, 11) is 0. The van der Waals surface area contributed by atoms with Gasteiger partial charge in [0.05, 0.1) is 20.8 Å². The second-order valence-corrected chi connectivity index (χ2v) is 6.85. The standard InChI is InChI=1S/C18H14Cl2N4O4/c1-9-3-14(15(24(26)27)4-10(9)2)23-16(25)7-28-18-12-5-11(19)6-13(20)17(12)21-8-22-18/h3-6,8H,7H2,1-2H3,(H,23,25). The lowest BCUT2D eigenvalue weighted by atomic mass is 10.1. The Labute approximate surface area is 169 Å². The van der Waals surface area contributed by atoms with Crippen LogP contribution in [0.1, 0.15) is 11.1 Å². The molecule has 3 rings (SSSR count). The van der Waals surface area contributed by atoms with Gasteiger partial charge in [0.15, 0.2) is 6.61 Å². The van der Waals surface area contributed by atoms with Crippen molar-refractivity contribution in [1.82, 2.24) is 9.97 Å². The highest BCUT2D eigenvalue weighted by Crippen LogP contribution is 2.31. The van der Waals surface area contributed by atoms with E-state index in [2.05, 4.69) is 15.3 Å². The van der Waals surface area contributed by atoms with Crippen LogP contribution in [0.4, 0.5) is 11.4 Å². The van der Waals surface area contributed by atoms with Crippen molar-refractivity contribution < 1.29 is 14.5 Å². The van der Waals surface area contributed by atoms with E-state index in [1.807, 2.05) is 0 Å². The second kappa shape index (κ2) is 7.95. The molecule has 0 radical (unpaired) electrons. The zero-order chi connectivity index (χ0) is 20.4. The van der Waals surface area contributed by atoms with E-state index in [1.165, 1.54) is 18.5 Å². The highest BCUT2D eigenvalue weighted by atomic mass is 35.5. The van der Waals surface area contributed by atoms with E-state index in [4.69, 9.17) is 27.9 Å². The highest BCUT2D eigenvalue weighted by Gasteiger charge is 2.18. The van der Waals surface area contributed by atoms with E-state index >= 15 is 0 Å². The Kier molecular flexibility index (Phi) is 5.62. The molecule has 0 atom stereocenters. The number of benzene rings is 2. The van der Waals surface area contributed by atoms with Crippen LogP contribution in [0.2, 0.25) is 10.0 Å². The molecule has 0 fully saturated rings. The van der Waals surface area contributed by atoms with E-state index in [0.29, 0.717) is 20.9 Å². The van der Waals surface area contributed by atoms with Crippen LogP contribution in [-0.4, -0.2) is 27.4 Å². The minimum absolute atomic E-state index is 0.0975. The van der Waals surface area contributed by atoms with Gasteiger partial charge in [0.25, 0.3) is 11.6 Å². The number of amides is 1. The summed E-state index contributed by atoms with van der Waals surface area (Å²) in [6, 6.07) is 6.07. The minimum Gasteiger partial charge on any atom is -0.467 e. The average Bonchev–Trinajstić information content (AvgIpc) is 2.62. The molecule has 1 amide bonds. The number of ether oxygens (including phenoxy) is 1. The molecule has 0 unspecified atom stereocenters. The smallest absolute Gasteiger partial charge is 0.293 e. The molecule has 0 aliphatic carbocycles. The topological polar surface area (TPSA) is 107 Å². The van der Waals surface area contributed by atoms with Crippen LogP contribution in [0.5, 0.6) is 5.88 Å². The normalized spacial score (nSPS) is 10.7. The fourth-order valence-electron chi connectivity index (χ4n) is 2.56. The zero-order valence-electron chi connectivity index (χ0n) is 14.8. The van der Waals surface area contributed by atoms with Crippen molar-refractivity contribution >= 4 is 51.4 Å². The molecule has 0 bridgehead atoms. The lowest BCUT2D eigenvalue weighted by molar-refractivity contribution is -0.384. The molecule has 0 aliphatic rings. The molecule has 1 N–H and O–H groups in total. The minimum atomic E-state index is -0.578. The molecule has 0 saturated heterocycles. The first-order chi connectivity index (χ1) is 13.3. The van der Waals surface area contributed by atoms with E-state index in [-0.39, 0.29) is 17.3 Å². The molecule has 10 heteroatoms. The predicted molar refractivity (Wildman–Crippen MR) is 106 cm³/mol. The van der Waals surface area contributed by atoms with Crippen LogP contribution in [0.15, 0.2) is 30.6 Å². The van der Waals surface area contributed by atoms with Gasteiger partial charge in [0.1, 0.15) is 12.0 Å². The number of hydrogen-bond donors (Lipinski definition) is 1. The lowest BCUT2D eigenvalue weighted by Gasteiger charge is -2.11. The SMILES string of the molecule is Cc1cc(NC(=O)COc2ncnc3c(Cl)cc(Cl)cc23)c([N+](=O)[O-])cc1C. The third-order valence-electron chi connectivity index (χ3n) is 4.04. The summed E-state index contributed by atoms with van der Waals surface area (Å²) in [5.41, 5.74) is 1.90. The summed E-state index contributed by atoms with van der Waals surface area (Å²) in [6.45, 7) is 3.14. The number of halogens is 2. The van der Waals surface area contributed by atoms with Gasteiger partial charge >= 0.3 is 0 Å². The Balaban J connectivity index is 1.80. The van der Waals surface area contributed by atoms with Crippen LogP contribution in [0.25, 0.3) is 10.9 Å². The van der Waals surface area contributed by atoms with Gasteiger partial charge in [0, 0.05) is 11.1 Å². The summed E-state index contributed by atoms with van der Waals surface area (Å²) in [5, 5.41) is 14.9. The zero-order valence-corrected chi connectivity index (χ0v) is 16.3. The van der Waals surface area contributed by atoms with Gasteiger partial charge < -0.3 is 10.1 Å². The fraction of sp³-hybridized carbons (Fsp3) is 0.167. The van der Waals surface area contributed by atoms with Gasteiger partial charge in [-0.2, -0.15) is 0 Å². The van der Waals surface area contributed by atoms with Gasteiger partial charge in [-0.05, 0) is 43.2 Å². The van der Waals surface area contributed by atoms with Crippen molar-refractivity contribution in [3.8, 4) is 5.88 Å². The third kappa shape index (κ3) is 4.13. The number of rotatable bonds is 5. The fourth-order valence-corrected chi connectivity index (χ4v) is 3.10. The molecule has 8 nitrogen and oxygen atoms in total. The van der Waals surface area contributed by atoms with Gasteiger partial charge in [0.2, 0.25) is 5.88 Å². The number of hydrogen-bond acceptors (Lipinski definition) is 6. The van der Waals surface area contributed by atoms with Crippen molar-refractivity contribution in [2.45, 2.75) is 13.8 Å². The van der Waals surface area contributed by atoms with E-state index in [0.717, 1.165) is 11.1 Å². The van der Waals surface area contributed by atoms with Gasteiger partial charge in [-0.3, -0.25) is 14.9 Å². The van der Waals surface area contributed by atoms with Crippen LogP contribution in [0.3, 0.4) is 0 Å². The highest BCUT2D eigenvalue weighted by molar-refractivity contribution is 6.38. The molecule has 0 aliphatic heterocycles. The number of nitrogens with zero attached hydrogens (tertiary/aromatic N) is 3. The molecule has 0 saturated carbocycles. The number of nitro groups is 1. The molecule has 1 aromatic heterocycles. The first-order valence-corrected chi connectivity index (χ1v) is 8.80. The van der Waals surface area contributed by atoms with E-state index in [9.17, 15) is 14.9 Å². The van der Waals surface area contributed by atoms with Gasteiger partial charge in [-0.1, -0.05) is 23.2 Å². The van der Waals surface area contributed by atoms with Crippen molar-refractivity contribution in [2.24, 2.45) is 0 Å². The number of fused-ring (bicyclic) bond motifs is 1. The maximum absolute atomic E-state index is 12.3. The number of nitrogens with one attached hydrogen (secondary N) is 1. The number of anilines is 1. The Morgan fingerprint density at radius 3 is 2.61 bits per heavy atom. The number of aryl methyl sites for hydroxylation is 2. The summed E-state index contributed by atoms with van der Waals surface area (Å²) < 4.78 is 5.47. The molecule has 0 spiro atoms. The monoisotopic (exact) mass is 420 g/mol. The largest absolute Gasteiger partial charge is 0.467 e. The van der Waals surface area contributed by atoms with Crippen LogP contribution in [-0.2, 0) is 4.79 Å². The van der Waals surface area contributed by atoms with Crippen molar-refractivity contribution in [3.05, 3.63) is 61.9 Å². The Hall–Kier alpha value is -2.97. The average molecular weight is 421 g/mol. The molecular weight excluding hydrogens is 407 g/mol. The second-order valence-electron chi connectivity index (χ2n) is 6.01. The maximum atomic E-state index is 12.3. The first-order valence-electron chi connectivity index (χ1n) is 8.04. The predicted octanol–water partition coefficient (Wildman–Crippen LogP) is 4.48. The molecule has 3 aromatic rings. The van der Waals surface area contributed by atoms with Crippen LogP contribution < -0.4 is 10.1 Å². The van der Waals surface area contributed by atoms with Gasteiger partial charge in [-0.15, -0.1) is 0 Å². The van der Waals surface area contributed by atoms with E-state index in [1.54, 1.807) is 26.0 Å². The van der Waals surface area contributed by atoms with Crippen molar-refractivity contribution in [2.75, 3.05) is 11.9 Å². The van der Waals surface area contributed by atoms with Crippen LogP contribution in [0, 0.1) is 24.0 Å². The third-order valence-corrected chi connectivity index (χ3v) is 4.55. The molecule has 144 valence electrons. The number of nitro benzene ring substituents is 1. The van der Waals surface area contributed by atoms with Crippen molar-refractivity contribution in [3.63, 3.8) is 0 Å². The number of aromatic nitrogens is 2. The molecular formula is C18H14Cl2N4O4. The molecule has 1 heterocycles. The summed E-state index contributed by atoms with van der Waals surface area (Å²) in [6.07, 6.45) is 1.25. The number of carbonyl (C=O) groups is 1. The number of carbonyl (C=O) groups excluding carboxylic acids is 1. The lowest BCUT2D eigenvalue weighted by Crippen LogP contribution is -2.21. The quantitative estimate of drug-likeness (QED) is 0.481. The Morgan fingerprint density at radius 2 is 1.89 bits per heavy atom. The van der Waals surface area contributed by atoms with Gasteiger partial charge in [-0.25, -0.2) is 9.97 Å². The summed E-state index contributed by atoms with van der Waals surface area (Å²) in [5.74, 6) is -0.453. The summed E-state index contributed by atoms with van der Waals surface area (Å²) >= 11 is 12.1. The van der Waals surface area contributed by atoms with Crippen LogP contribution >= 0.6 is 23.2 Å². The molecule has 28 heavy (non-hydrogen) atoms. The Bertz CT molecular complexity index is 1100. The molecule has 2 aromatic carbocycles. The van der Waals surface area contributed by atoms with Crippen molar-refractivity contribution in [1.29, 1.82) is 0 Å².